The Kier molecular flexibility index (Phi) is 5.88. The van der Waals surface area contributed by atoms with Crippen LogP contribution in [-0.4, -0.2) is 29.7 Å². The number of nitrogens with zero attached hydrogens (tertiary/aromatic N) is 2. The number of ketones is 1. The van der Waals surface area contributed by atoms with Crippen LogP contribution < -0.4 is 15.0 Å². The molecule has 0 bridgehead atoms. The Labute approximate surface area is 173 Å². The minimum atomic E-state index is -0.667. The summed E-state index contributed by atoms with van der Waals surface area (Å²) in [6, 6.07) is 15.3. The van der Waals surface area contributed by atoms with Gasteiger partial charge in [-0.25, -0.2) is 0 Å². The van der Waals surface area contributed by atoms with E-state index in [1.807, 2.05) is 6.07 Å². The molecule has 1 N–H and O–H groups in total. The zero-order valence-corrected chi connectivity index (χ0v) is 16.8. The molecule has 0 fully saturated rings. The Morgan fingerprint density at radius 1 is 1.10 bits per heavy atom. The van der Waals surface area contributed by atoms with E-state index in [2.05, 4.69) is 0 Å². The average molecular weight is 404 g/mol. The van der Waals surface area contributed by atoms with Gasteiger partial charge in [-0.3, -0.25) is 14.2 Å². The minimum Gasteiger partial charge on any atom is -0.497 e. The Bertz CT molecular complexity index is 1200. The third-order valence-electron chi connectivity index (χ3n) is 4.88. The maximum Gasteiger partial charge on any atom is 0.271 e. The van der Waals surface area contributed by atoms with Gasteiger partial charge >= 0.3 is 0 Å². The fraction of sp³-hybridized carbons (Fsp3) is 0.174. The molecule has 7 heteroatoms. The first kappa shape index (κ1) is 20.7. The number of hydrogen-bond acceptors (Lipinski definition) is 6. The second kappa shape index (κ2) is 8.53. The molecule has 0 aliphatic rings. The number of rotatable bonds is 6. The molecule has 152 valence electrons. The van der Waals surface area contributed by atoms with Crippen molar-refractivity contribution in [1.29, 1.82) is 5.26 Å². The van der Waals surface area contributed by atoms with Crippen molar-refractivity contribution in [3.63, 3.8) is 0 Å². The molecule has 0 radical (unpaired) electrons. The summed E-state index contributed by atoms with van der Waals surface area (Å²) >= 11 is 0. The van der Waals surface area contributed by atoms with E-state index in [9.17, 15) is 20.0 Å². The van der Waals surface area contributed by atoms with Gasteiger partial charge in [-0.15, -0.1) is 0 Å². The summed E-state index contributed by atoms with van der Waals surface area (Å²) in [6.07, 6.45) is 0. The Balaban J connectivity index is 2.19. The normalized spacial score (nSPS) is 10.3. The van der Waals surface area contributed by atoms with E-state index in [0.29, 0.717) is 17.1 Å². The van der Waals surface area contributed by atoms with E-state index in [0.717, 1.165) is 4.57 Å². The highest BCUT2D eigenvalue weighted by Crippen LogP contribution is 2.29. The highest BCUT2D eigenvalue weighted by Gasteiger charge is 2.26. The van der Waals surface area contributed by atoms with E-state index in [1.54, 1.807) is 55.6 Å². The molecule has 30 heavy (non-hydrogen) atoms. The molecule has 1 aromatic heterocycles. The van der Waals surface area contributed by atoms with Crippen LogP contribution in [0, 0.1) is 18.3 Å². The number of para-hydroxylation sites is 1. The molecule has 0 unspecified atom stereocenters. The first-order valence-electron chi connectivity index (χ1n) is 9.10. The molecule has 0 spiro atoms. The van der Waals surface area contributed by atoms with E-state index < -0.39 is 17.2 Å². The van der Waals surface area contributed by atoms with Crippen molar-refractivity contribution in [1.82, 2.24) is 4.57 Å². The first-order chi connectivity index (χ1) is 14.4. The number of aromatic nitrogens is 1. The van der Waals surface area contributed by atoms with Gasteiger partial charge in [0.05, 0.1) is 31.9 Å². The smallest absolute Gasteiger partial charge is 0.271 e. The van der Waals surface area contributed by atoms with Gasteiger partial charge in [0.1, 0.15) is 23.1 Å². The highest BCUT2D eigenvalue weighted by molar-refractivity contribution is 6.13. The molecule has 3 rings (SSSR count). The molecule has 0 atom stereocenters. The molecule has 0 aliphatic heterocycles. The number of methoxy groups -OCH3 is 2. The van der Waals surface area contributed by atoms with Crippen molar-refractivity contribution >= 4 is 5.78 Å². The molecule has 0 aliphatic carbocycles. The molecule has 1 heterocycles. The maximum atomic E-state index is 13.3. The van der Waals surface area contributed by atoms with Crippen molar-refractivity contribution in [2.45, 2.75) is 13.5 Å². The van der Waals surface area contributed by atoms with Crippen LogP contribution in [0.15, 0.2) is 53.3 Å². The lowest BCUT2D eigenvalue weighted by molar-refractivity contribution is 0.103. The molecule has 0 saturated carbocycles. The Morgan fingerprint density at radius 3 is 2.37 bits per heavy atom. The van der Waals surface area contributed by atoms with Crippen LogP contribution in [0.3, 0.4) is 0 Å². The van der Waals surface area contributed by atoms with Gasteiger partial charge in [-0.2, -0.15) is 5.26 Å². The van der Waals surface area contributed by atoms with E-state index in [1.165, 1.54) is 14.0 Å². The van der Waals surface area contributed by atoms with Crippen LogP contribution in [0.5, 0.6) is 17.4 Å². The topological polar surface area (TPSA) is 102 Å². The quantitative estimate of drug-likeness (QED) is 0.634. The summed E-state index contributed by atoms with van der Waals surface area (Å²) in [5, 5.41) is 20.4. The van der Waals surface area contributed by atoms with Crippen molar-refractivity contribution in [3.8, 4) is 23.4 Å². The number of carbonyl (C=O) groups is 1. The lowest BCUT2D eigenvalue weighted by Crippen LogP contribution is -2.27. The molecule has 0 amide bonds. The number of ether oxygens (including phenoxy) is 2. The minimum absolute atomic E-state index is 0.0180. The summed E-state index contributed by atoms with van der Waals surface area (Å²) in [5.74, 6) is -0.0673. The third-order valence-corrected chi connectivity index (χ3v) is 4.88. The molecular formula is C23H20N2O5. The Morgan fingerprint density at radius 2 is 1.77 bits per heavy atom. The van der Waals surface area contributed by atoms with Gasteiger partial charge in [-0.1, -0.05) is 24.3 Å². The van der Waals surface area contributed by atoms with Crippen molar-refractivity contribution in [3.05, 3.63) is 86.7 Å². The second-order valence-corrected chi connectivity index (χ2v) is 6.58. The van der Waals surface area contributed by atoms with E-state index in [4.69, 9.17) is 9.47 Å². The lowest BCUT2D eigenvalue weighted by Gasteiger charge is -2.16. The summed E-state index contributed by atoms with van der Waals surface area (Å²) in [7, 11) is 2.98. The van der Waals surface area contributed by atoms with Crippen LogP contribution in [0.1, 0.15) is 32.6 Å². The molecule has 3 aromatic rings. The average Bonchev–Trinajstić information content (AvgIpc) is 2.77. The molecule has 0 saturated heterocycles. The molecular weight excluding hydrogens is 384 g/mol. The first-order valence-corrected chi connectivity index (χ1v) is 9.10. The van der Waals surface area contributed by atoms with Crippen molar-refractivity contribution in [2.75, 3.05) is 14.2 Å². The van der Waals surface area contributed by atoms with Crippen LogP contribution in [0.25, 0.3) is 0 Å². The predicted octanol–water partition coefficient (Wildman–Crippen LogP) is 3.03. The molecule has 7 nitrogen and oxygen atoms in total. The lowest BCUT2D eigenvalue weighted by atomic mass is 9.96. The van der Waals surface area contributed by atoms with Crippen LogP contribution in [0.4, 0.5) is 0 Å². The Hall–Kier alpha value is -4.05. The zero-order chi connectivity index (χ0) is 21.8. The van der Waals surface area contributed by atoms with Gasteiger partial charge in [0.25, 0.3) is 5.56 Å². The third kappa shape index (κ3) is 3.63. The number of nitriles is 1. The summed E-state index contributed by atoms with van der Waals surface area (Å²) < 4.78 is 11.4. The van der Waals surface area contributed by atoms with Gasteiger partial charge < -0.3 is 14.6 Å². The van der Waals surface area contributed by atoms with Gasteiger partial charge in [0.15, 0.2) is 0 Å². The maximum absolute atomic E-state index is 13.3. The number of carbonyl (C=O) groups excluding carboxylic acids is 1. The van der Waals surface area contributed by atoms with Gasteiger partial charge in [0, 0.05) is 0 Å². The second-order valence-electron chi connectivity index (χ2n) is 6.58. The summed E-state index contributed by atoms with van der Waals surface area (Å²) in [4.78, 5) is 26.1. The SMILES string of the molecule is COc1ccc(Cn2c(O)c(C(=O)c3ccccc3OC)c(C)c(C#N)c2=O)cc1. The summed E-state index contributed by atoms with van der Waals surface area (Å²) in [6.45, 7) is 1.45. The number of pyridine rings is 1. The predicted molar refractivity (Wildman–Crippen MR) is 110 cm³/mol. The summed E-state index contributed by atoms with van der Waals surface area (Å²) in [5.41, 5.74) is 0.0686. The number of aromatic hydroxyl groups is 1. The van der Waals surface area contributed by atoms with Gasteiger partial charge in [0.2, 0.25) is 11.7 Å². The van der Waals surface area contributed by atoms with Gasteiger partial charge in [-0.05, 0) is 42.3 Å². The highest BCUT2D eigenvalue weighted by atomic mass is 16.5. The van der Waals surface area contributed by atoms with E-state index >= 15 is 0 Å². The van der Waals surface area contributed by atoms with Crippen LogP contribution >= 0.6 is 0 Å². The molecule has 2 aromatic carbocycles. The number of benzene rings is 2. The fourth-order valence-electron chi connectivity index (χ4n) is 3.25. The van der Waals surface area contributed by atoms with Crippen LogP contribution in [0.2, 0.25) is 0 Å². The number of hydrogen-bond donors (Lipinski definition) is 1. The van der Waals surface area contributed by atoms with Crippen LogP contribution in [-0.2, 0) is 6.54 Å². The fourth-order valence-corrected chi connectivity index (χ4v) is 3.25. The van der Waals surface area contributed by atoms with Crippen molar-refractivity contribution < 1.29 is 19.4 Å². The van der Waals surface area contributed by atoms with E-state index in [-0.39, 0.29) is 28.8 Å². The van der Waals surface area contributed by atoms with Crippen molar-refractivity contribution in [2.24, 2.45) is 0 Å². The monoisotopic (exact) mass is 404 g/mol. The zero-order valence-electron chi connectivity index (χ0n) is 16.8. The standard InChI is InChI=1S/C23H20N2O5/c1-14-18(12-24)22(27)25(13-15-8-10-16(29-2)11-9-15)23(28)20(14)21(26)17-6-4-5-7-19(17)30-3/h4-11,28H,13H2,1-3H3. The largest absolute Gasteiger partial charge is 0.497 e.